The summed E-state index contributed by atoms with van der Waals surface area (Å²) in [5.41, 5.74) is 0.542. The molecule has 0 atom stereocenters. The quantitative estimate of drug-likeness (QED) is 0.389. The van der Waals surface area contributed by atoms with E-state index >= 15 is 0 Å². The standard InChI is InChI=1S/C20H30F2N4O3/c1-14-4-8-26(9-5-14)7-3-6-24-20(23-2)25-12-15-10-17-18(28-13-27-17)11-16(15)29-19(21)22/h10-11,14,19H,3-9,12-13H2,1-2H3,(H2,23,24,25). The van der Waals surface area contributed by atoms with E-state index in [0.29, 0.717) is 23.0 Å². The van der Waals surface area contributed by atoms with Crippen LogP contribution in [0.4, 0.5) is 8.78 Å². The van der Waals surface area contributed by atoms with Gasteiger partial charge in [-0.15, -0.1) is 0 Å². The van der Waals surface area contributed by atoms with Crippen molar-refractivity contribution >= 4 is 5.96 Å². The van der Waals surface area contributed by atoms with E-state index in [1.165, 1.54) is 32.0 Å². The number of nitrogens with zero attached hydrogens (tertiary/aromatic N) is 2. The van der Waals surface area contributed by atoms with Crippen LogP contribution in [0.1, 0.15) is 31.7 Å². The third-order valence-corrected chi connectivity index (χ3v) is 5.26. The van der Waals surface area contributed by atoms with Crippen LogP contribution < -0.4 is 24.8 Å². The Hall–Kier alpha value is -2.29. The summed E-state index contributed by atoms with van der Waals surface area (Å²) in [5, 5.41) is 6.41. The first kappa shape index (κ1) is 21.4. The molecule has 0 aliphatic carbocycles. The third-order valence-electron chi connectivity index (χ3n) is 5.26. The van der Waals surface area contributed by atoms with Crippen molar-refractivity contribution in [3.63, 3.8) is 0 Å². The largest absolute Gasteiger partial charge is 0.454 e. The second-order valence-electron chi connectivity index (χ2n) is 7.42. The summed E-state index contributed by atoms with van der Waals surface area (Å²) >= 11 is 0. The van der Waals surface area contributed by atoms with E-state index in [1.807, 2.05) is 0 Å². The molecule has 2 aliphatic heterocycles. The van der Waals surface area contributed by atoms with Crippen molar-refractivity contribution in [2.24, 2.45) is 10.9 Å². The lowest BCUT2D eigenvalue weighted by Crippen LogP contribution is -2.39. The van der Waals surface area contributed by atoms with Gasteiger partial charge in [0.25, 0.3) is 0 Å². The van der Waals surface area contributed by atoms with Crippen molar-refractivity contribution in [2.75, 3.05) is 40.0 Å². The second kappa shape index (κ2) is 10.5. The normalized spacial score (nSPS) is 17.6. The summed E-state index contributed by atoms with van der Waals surface area (Å²) < 4.78 is 40.7. The molecule has 3 rings (SSSR count). The number of benzene rings is 1. The lowest BCUT2D eigenvalue weighted by atomic mass is 9.99. The van der Waals surface area contributed by atoms with Crippen molar-refractivity contribution in [1.82, 2.24) is 15.5 Å². The van der Waals surface area contributed by atoms with E-state index < -0.39 is 6.61 Å². The number of aliphatic imine (C=N–C) groups is 1. The molecule has 1 saturated heterocycles. The Morgan fingerprint density at radius 2 is 1.97 bits per heavy atom. The molecule has 162 valence electrons. The van der Waals surface area contributed by atoms with Gasteiger partial charge in [-0.2, -0.15) is 8.78 Å². The fraction of sp³-hybridized carbons (Fsp3) is 0.650. The minimum Gasteiger partial charge on any atom is -0.454 e. The highest BCUT2D eigenvalue weighted by Gasteiger charge is 2.20. The Kier molecular flexibility index (Phi) is 7.74. The van der Waals surface area contributed by atoms with Gasteiger partial charge in [-0.05, 0) is 50.9 Å². The monoisotopic (exact) mass is 412 g/mol. The number of guanidine groups is 1. The molecule has 2 N–H and O–H groups in total. The van der Waals surface area contributed by atoms with Crippen molar-refractivity contribution in [3.05, 3.63) is 17.7 Å². The first-order valence-electron chi connectivity index (χ1n) is 10.1. The molecule has 0 spiro atoms. The minimum absolute atomic E-state index is 0.0616. The number of ether oxygens (including phenoxy) is 3. The number of likely N-dealkylation sites (tertiary alicyclic amines) is 1. The number of alkyl halides is 2. The van der Waals surface area contributed by atoms with Crippen LogP contribution in [0.3, 0.4) is 0 Å². The first-order chi connectivity index (χ1) is 14.0. The van der Waals surface area contributed by atoms with Gasteiger partial charge in [-0.3, -0.25) is 4.99 Å². The molecule has 2 heterocycles. The molecule has 2 aliphatic rings. The van der Waals surface area contributed by atoms with E-state index in [4.69, 9.17) is 9.47 Å². The molecule has 0 saturated carbocycles. The van der Waals surface area contributed by atoms with E-state index in [1.54, 1.807) is 13.1 Å². The smallest absolute Gasteiger partial charge is 0.387 e. The van der Waals surface area contributed by atoms with E-state index in [2.05, 4.69) is 32.2 Å². The van der Waals surface area contributed by atoms with Crippen LogP contribution in [0.2, 0.25) is 0 Å². The maximum Gasteiger partial charge on any atom is 0.387 e. The second-order valence-corrected chi connectivity index (χ2v) is 7.42. The van der Waals surface area contributed by atoms with Gasteiger partial charge in [0.1, 0.15) is 5.75 Å². The highest BCUT2D eigenvalue weighted by Crippen LogP contribution is 2.38. The Bertz CT molecular complexity index is 695. The van der Waals surface area contributed by atoms with Crippen molar-refractivity contribution in [2.45, 2.75) is 39.3 Å². The van der Waals surface area contributed by atoms with Gasteiger partial charge in [0.2, 0.25) is 6.79 Å². The Morgan fingerprint density at radius 3 is 2.66 bits per heavy atom. The van der Waals surface area contributed by atoms with Crippen LogP contribution >= 0.6 is 0 Å². The van der Waals surface area contributed by atoms with E-state index in [0.717, 1.165) is 25.4 Å². The molecular weight excluding hydrogens is 382 g/mol. The predicted molar refractivity (Wildman–Crippen MR) is 107 cm³/mol. The summed E-state index contributed by atoms with van der Waals surface area (Å²) in [6.07, 6.45) is 3.56. The molecule has 1 fully saturated rings. The summed E-state index contributed by atoms with van der Waals surface area (Å²) in [6, 6.07) is 3.08. The van der Waals surface area contributed by atoms with Crippen LogP contribution in [-0.4, -0.2) is 57.5 Å². The lowest BCUT2D eigenvalue weighted by molar-refractivity contribution is -0.0505. The fourth-order valence-electron chi connectivity index (χ4n) is 3.50. The van der Waals surface area contributed by atoms with Crippen LogP contribution in [0, 0.1) is 5.92 Å². The Morgan fingerprint density at radius 1 is 1.24 bits per heavy atom. The summed E-state index contributed by atoms with van der Waals surface area (Å²) in [6.45, 7) is 3.92. The summed E-state index contributed by atoms with van der Waals surface area (Å²) in [7, 11) is 1.68. The summed E-state index contributed by atoms with van der Waals surface area (Å²) in [4.78, 5) is 6.69. The third kappa shape index (κ3) is 6.35. The topological polar surface area (TPSA) is 67.4 Å². The maximum atomic E-state index is 12.7. The molecule has 0 bridgehead atoms. The highest BCUT2D eigenvalue weighted by molar-refractivity contribution is 5.79. The van der Waals surface area contributed by atoms with Gasteiger partial charge >= 0.3 is 6.61 Å². The highest BCUT2D eigenvalue weighted by atomic mass is 19.3. The molecule has 1 aromatic carbocycles. The zero-order chi connectivity index (χ0) is 20.6. The minimum atomic E-state index is -2.91. The molecule has 1 aromatic rings. The van der Waals surface area contributed by atoms with E-state index in [-0.39, 0.29) is 19.1 Å². The number of rotatable bonds is 8. The average Bonchev–Trinajstić information content (AvgIpc) is 3.15. The van der Waals surface area contributed by atoms with E-state index in [9.17, 15) is 8.78 Å². The molecule has 9 heteroatoms. The first-order valence-corrected chi connectivity index (χ1v) is 10.1. The number of piperidine rings is 1. The number of halogens is 2. The van der Waals surface area contributed by atoms with Crippen molar-refractivity contribution in [1.29, 1.82) is 0 Å². The molecular formula is C20H30F2N4O3. The van der Waals surface area contributed by atoms with Gasteiger partial charge in [0.05, 0.1) is 0 Å². The Labute approximate surface area is 170 Å². The van der Waals surface area contributed by atoms with Crippen molar-refractivity contribution < 1.29 is 23.0 Å². The lowest BCUT2D eigenvalue weighted by Gasteiger charge is -2.30. The fourth-order valence-corrected chi connectivity index (χ4v) is 3.50. The predicted octanol–water partition coefficient (Wildman–Crippen LogP) is 2.80. The zero-order valence-electron chi connectivity index (χ0n) is 17.0. The average molecular weight is 412 g/mol. The SMILES string of the molecule is CN=C(NCCCN1CCC(C)CC1)NCc1cc2c(cc1OC(F)F)OCO2. The van der Waals surface area contributed by atoms with Crippen LogP contribution in [-0.2, 0) is 6.54 Å². The molecule has 29 heavy (non-hydrogen) atoms. The number of hydrogen-bond acceptors (Lipinski definition) is 5. The molecule has 0 amide bonds. The van der Waals surface area contributed by atoms with Gasteiger partial charge in [0.15, 0.2) is 17.5 Å². The van der Waals surface area contributed by atoms with Crippen molar-refractivity contribution in [3.8, 4) is 17.2 Å². The number of nitrogens with one attached hydrogen (secondary N) is 2. The van der Waals surface area contributed by atoms with Gasteiger partial charge in [-0.1, -0.05) is 6.92 Å². The van der Waals surface area contributed by atoms with Gasteiger partial charge < -0.3 is 29.7 Å². The van der Waals surface area contributed by atoms with Crippen LogP contribution in [0.25, 0.3) is 0 Å². The molecule has 0 radical (unpaired) electrons. The van der Waals surface area contributed by atoms with Crippen LogP contribution in [0.5, 0.6) is 17.2 Å². The molecule has 0 unspecified atom stereocenters. The summed E-state index contributed by atoms with van der Waals surface area (Å²) in [5.74, 6) is 2.42. The van der Waals surface area contributed by atoms with Gasteiger partial charge in [-0.25, -0.2) is 0 Å². The molecule has 7 nitrogen and oxygen atoms in total. The van der Waals surface area contributed by atoms with Gasteiger partial charge in [0, 0.05) is 31.8 Å². The number of hydrogen-bond donors (Lipinski definition) is 2. The number of fused-ring (bicyclic) bond motifs is 1. The molecule has 0 aromatic heterocycles. The Balaban J connectivity index is 1.46. The zero-order valence-corrected chi connectivity index (χ0v) is 17.0. The maximum absolute atomic E-state index is 12.7. The van der Waals surface area contributed by atoms with Crippen LogP contribution in [0.15, 0.2) is 17.1 Å².